The fraction of sp³-hybridized carbons (Fsp3) is 0.200. The first-order chi connectivity index (χ1) is 10.6. The molecular formula is C15H15ClN2O3S. The van der Waals surface area contributed by atoms with Crippen LogP contribution in [0, 0.1) is 0 Å². The highest BCUT2D eigenvalue weighted by atomic mass is 35.5. The molecule has 0 spiro atoms. The minimum atomic E-state index is -0.984. The Morgan fingerprint density at radius 1 is 1.23 bits per heavy atom. The quantitative estimate of drug-likeness (QED) is 0.751. The number of amides is 2. The summed E-state index contributed by atoms with van der Waals surface area (Å²) in [6, 6.07) is 9.45. The van der Waals surface area contributed by atoms with E-state index in [0.29, 0.717) is 16.4 Å². The van der Waals surface area contributed by atoms with Crippen LogP contribution in [0.2, 0.25) is 5.02 Å². The normalized spacial score (nSPS) is 11.7. The van der Waals surface area contributed by atoms with Crippen LogP contribution in [-0.4, -0.2) is 29.6 Å². The molecule has 3 N–H and O–H groups in total. The molecule has 0 radical (unpaired) electrons. The first kappa shape index (κ1) is 16.5. The highest BCUT2D eigenvalue weighted by Crippen LogP contribution is 2.10. The monoisotopic (exact) mass is 338 g/mol. The van der Waals surface area contributed by atoms with Gasteiger partial charge < -0.3 is 15.7 Å². The van der Waals surface area contributed by atoms with Crippen LogP contribution in [0.3, 0.4) is 0 Å². The summed E-state index contributed by atoms with van der Waals surface area (Å²) in [5, 5.41) is 16.8. The van der Waals surface area contributed by atoms with Crippen LogP contribution in [0.5, 0.6) is 0 Å². The molecular weight excluding hydrogens is 324 g/mol. The number of carbonyl (C=O) groups is 2. The number of aliphatic hydroxyl groups excluding tert-OH is 1. The van der Waals surface area contributed by atoms with Crippen LogP contribution in [-0.2, 0) is 11.3 Å². The Kier molecular flexibility index (Phi) is 5.94. The lowest BCUT2D eigenvalue weighted by Gasteiger charge is -2.15. The molecule has 0 aliphatic carbocycles. The molecule has 0 saturated carbocycles. The molecule has 116 valence electrons. The number of aliphatic hydroxyl groups is 1. The number of thiophene rings is 1. The van der Waals surface area contributed by atoms with Crippen LogP contribution in [0.1, 0.15) is 15.2 Å². The second kappa shape index (κ2) is 7.93. The molecule has 1 atom stereocenters. The third-order valence-corrected chi connectivity index (χ3v) is 4.05. The minimum Gasteiger partial charge on any atom is -0.394 e. The predicted octanol–water partition coefficient (Wildman–Crippen LogP) is 1.81. The largest absolute Gasteiger partial charge is 0.394 e. The van der Waals surface area contributed by atoms with Crippen molar-refractivity contribution >= 4 is 34.8 Å². The van der Waals surface area contributed by atoms with Gasteiger partial charge in [0.15, 0.2) is 0 Å². The number of hydrogen-bond donors (Lipinski definition) is 3. The van der Waals surface area contributed by atoms with Gasteiger partial charge in [-0.1, -0.05) is 29.8 Å². The maximum atomic E-state index is 12.0. The number of halogens is 1. The van der Waals surface area contributed by atoms with Gasteiger partial charge in [0, 0.05) is 11.6 Å². The Morgan fingerprint density at radius 3 is 2.55 bits per heavy atom. The molecule has 0 fully saturated rings. The van der Waals surface area contributed by atoms with Crippen LogP contribution in [0.15, 0.2) is 41.8 Å². The van der Waals surface area contributed by atoms with Crippen LogP contribution in [0.4, 0.5) is 0 Å². The van der Waals surface area contributed by atoms with E-state index >= 15 is 0 Å². The molecule has 0 unspecified atom stereocenters. The van der Waals surface area contributed by atoms with E-state index in [-0.39, 0.29) is 5.91 Å². The van der Waals surface area contributed by atoms with E-state index in [2.05, 4.69) is 10.6 Å². The first-order valence-corrected chi connectivity index (χ1v) is 7.83. The van der Waals surface area contributed by atoms with Gasteiger partial charge in [-0.3, -0.25) is 9.59 Å². The summed E-state index contributed by atoms with van der Waals surface area (Å²) < 4.78 is 0. The Hall–Kier alpha value is -1.89. The van der Waals surface area contributed by atoms with Crippen molar-refractivity contribution in [2.45, 2.75) is 12.6 Å². The summed E-state index contributed by atoms with van der Waals surface area (Å²) in [6.45, 7) is -0.176. The molecule has 1 aromatic heterocycles. The van der Waals surface area contributed by atoms with Crippen molar-refractivity contribution in [2.75, 3.05) is 6.61 Å². The third kappa shape index (κ3) is 4.56. The SMILES string of the molecule is O=C(N[C@@H](CO)C(=O)NCc1ccc(Cl)cc1)c1cccs1. The average molecular weight is 339 g/mol. The van der Waals surface area contributed by atoms with Gasteiger partial charge in [-0.25, -0.2) is 0 Å². The van der Waals surface area contributed by atoms with E-state index in [0.717, 1.165) is 5.56 Å². The Balaban J connectivity index is 1.88. The number of rotatable bonds is 6. The van der Waals surface area contributed by atoms with Gasteiger partial charge in [-0.15, -0.1) is 11.3 Å². The topological polar surface area (TPSA) is 78.4 Å². The Morgan fingerprint density at radius 2 is 1.95 bits per heavy atom. The van der Waals surface area contributed by atoms with Gasteiger partial charge in [0.05, 0.1) is 11.5 Å². The van der Waals surface area contributed by atoms with Crippen molar-refractivity contribution in [1.29, 1.82) is 0 Å². The van der Waals surface area contributed by atoms with Gasteiger partial charge in [0.2, 0.25) is 5.91 Å². The van der Waals surface area contributed by atoms with Crippen molar-refractivity contribution in [3.8, 4) is 0 Å². The second-order valence-corrected chi connectivity index (χ2v) is 5.91. The van der Waals surface area contributed by atoms with Crippen molar-refractivity contribution in [3.05, 3.63) is 57.2 Å². The number of nitrogens with one attached hydrogen (secondary N) is 2. The molecule has 22 heavy (non-hydrogen) atoms. The van der Waals surface area contributed by atoms with Crippen molar-refractivity contribution in [3.63, 3.8) is 0 Å². The standard InChI is InChI=1S/C15H15ClN2O3S/c16-11-5-3-10(4-6-11)8-17-14(20)12(9-19)18-15(21)13-2-1-7-22-13/h1-7,12,19H,8-9H2,(H,17,20)(H,18,21)/t12-/m0/s1. The number of carbonyl (C=O) groups excluding carboxylic acids is 2. The van der Waals surface area contributed by atoms with Gasteiger partial charge in [0.1, 0.15) is 6.04 Å². The molecule has 0 bridgehead atoms. The summed E-state index contributed by atoms with van der Waals surface area (Å²) in [6.07, 6.45) is 0. The van der Waals surface area contributed by atoms with E-state index in [1.807, 2.05) is 0 Å². The lowest BCUT2D eigenvalue weighted by atomic mass is 10.2. The summed E-state index contributed by atoms with van der Waals surface area (Å²) in [7, 11) is 0. The summed E-state index contributed by atoms with van der Waals surface area (Å²) >= 11 is 7.06. The molecule has 0 aliphatic heterocycles. The molecule has 7 heteroatoms. The predicted molar refractivity (Wildman–Crippen MR) is 86.0 cm³/mol. The van der Waals surface area contributed by atoms with E-state index in [4.69, 9.17) is 11.6 Å². The summed E-state index contributed by atoms with van der Waals surface area (Å²) in [5.41, 5.74) is 0.874. The first-order valence-electron chi connectivity index (χ1n) is 6.57. The molecule has 5 nitrogen and oxygen atoms in total. The fourth-order valence-electron chi connectivity index (χ4n) is 1.75. The van der Waals surface area contributed by atoms with Crippen molar-refractivity contribution in [1.82, 2.24) is 10.6 Å². The van der Waals surface area contributed by atoms with Gasteiger partial charge in [0.25, 0.3) is 5.91 Å². The van der Waals surface area contributed by atoms with E-state index in [1.165, 1.54) is 11.3 Å². The van der Waals surface area contributed by atoms with Crippen LogP contribution < -0.4 is 10.6 Å². The van der Waals surface area contributed by atoms with Crippen LogP contribution >= 0.6 is 22.9 Å². The molecule has 0 aliphatic rings. The lowest BCUT2D eigenvalue weighted by Crippen LogP contribution is -2.48. The third-order valence-electron chi connectivity index (χ3n) is 2.93. The molecule has 2 amide bonds. The molecule has 1 heterocycles. The zero-order valence-electron chi connectivity index (χ0n) is 11.6. The smallest absolute Gasteiger partial charge is 0.262 e. The maximum absolute atomic E-state index is 12.0. The average Bonchev–Trinajstić information content (AvgIpc) is 3.06. The van der Waals surface area contributed by atoms with Crippen molar-refractivity contribution in [2.24, 2.45) is 0 Å². The van der Waals surface area contributed by atoms with Crippen LogP contribution in [0.25, 0.3) is 0 Å². The highest BCUT2D eigenvalue weighted by molar-refractivity contribution is 7.12. The Bertz CT molecular complexity index is 629. The van der Waals surface area contributed by atoms with Gasteiger partial charge in [-0.2, -0.15) is 0 Å². The van der Waals surface area contributed by atoms with Crippen molar-refractivity contribution < 1.29 is 14.7 Å². The van der Waals surface area contributed by atoms with E-state index in [9.17, 15) is 14.7 Å². The second-order valence-electron chi connectivity index (χ2n) is 4.53. The minimum absolute atomic E-state index is 0.293. The van der Waals surface area contributed by atoms with E-state index < -0.39 is 18.6 Å². The maximum Gasteiger partial charge on any atom is 0.262 e. The summed E-state index contributed by atoms with van der Waals surface area (Å²) in [4.78, 5) is 24.4. The van der Waals surface area contributed by atoms with E-state index in [1.54, 1.807) is 41.8 Å². The highest BCUT2D eigenvalue weighted by Gasteiger charge is 2.20. The zero-order valence-corrected chi connectivity index (χ0v) is 13.2. The molecule has 1 aromatic carbocycles. The number of hydrogen-bond acceptors (Lipinski definition) is 4. The molecule has 2 rings (SSSR count). The molecule has 2 aromatic rings. The van der Waals surface area contributed by atoms with Gasteiger partial charge in [-0.05, 0) is 29.1 Å². The molecule has 0 saturated heterocycles. The fourth-order valence-corrected chi connectivity index (χ4v) is 2.50. The Labute approximate surface area is 136 Å². The zero-order chi connectivity index (χ0) is 15.9. The van der Waals surface area contributed by atoms with Gasteiger partial charge >= 0.3 is 0 Å². The summed E-state index contributed by atoms with van der Waals surface area (Å²) in [5.74, 6) is -0.821. The lowest BCUT2D eigenvalue weighted by molar-refractivity contribution is -0.124. The number of benzene rings is 1.